The van der Waals surface area contributed by atoms with Crippen LogP contribution < -0.4 is 10.6 Å². The molecule has 1 aromatic carbocycles. The van der Waals surface area contributed by atoms with Gasteiger partial charge in [-0.2, -0.15) is 0 Å². The molecule has 2 N–H and O–H groups in total. The molecule has 0 saturated carbocycles. The lowest BCUT2D eigenvalue weighted by atomic mass is 10.1. The van der Waals surface area contributed by atoms with E-state index in [9.17, 15) is 9.59 Å². The highest BCUT2D eigenvalue weighted by atomic mass is 79.9. The lowest BCUT2D eigenvalue weighted by Crippen LogP contribution is -2.41. The maximum Gasteiger partial charge on any atom is 0.262 e. The van der Waals surface area contributed by atoms with Crippen LogP contribution in [0.15, 0.2) is 46.4 Å². The highest BCUT2D eigenvalue weighted by molar-refractivity contribution is 9.11. The average Bonchev–Trinajstić information content (AvgIpc) is 3.26. The molecule has 3 rings (SSSR count). The molecule has 2 amide bonds. The molecule has 0 aliphatic carbocycles. The maximum absolute atomic E-state index is 12.3. The minimum atomic E-state index is -0.686. The second-order valence-corrected chi connectivity index (χ2v) is 9.67. The van der Waals surface area contributed by atoms with Crippen LogP contribution in [0.2, 0.25) is 5.02 Å². The van der Waals surface area contributed by atoms with Crippen molar-refractivity contribution in [2.75, 3.05) is 5.32 Å². The van der Waals surface area contributed by atoms with E-state index < -0.39 is 6.04 Å². The zero-order valence-electron chi connectivity index (χ0n) is 14.2. The topological polar surface area (TPSA) is 71.1 Å². The number of benzene rings is 1. The molecule has 0 fully saturated rings. The molecule has 27 heavy (non-hydrogen) atoms. The number of thiazole rings is 1. The van der Waals surface area contributed by atoms with Crippen molar-refractivity contribution in [2.24, 2.45) is 0 Å². The third kappa shape index (κ3) is 5.38. The number of hydrogen-bond acceptors (Lipinski definition) is 5. The molecule has 140 valence electrons. The molecule has 2 aromatic heterocycles. The van der Waals surface area contributed by atoms with Gasteiger partial charge < -0.3 is 10.6 Å². The molecule has 1 atom stereocenters. The average molecular weight is 485 g/mol. The van der Waals surface area contributed by atoms with E-state index in [-0.39, 0.29) is 11.8 Å². The number of hydrogen-bond donors (Lipinski definition) is 2. The van der Waals surface area contributed by atoms with Crippen molar-refractivity contribution in [3.8, 4) is 0 Å². The van der Waals surface area contributed by atoms with E-state index in [1.807, 2.05) is 24.3 Å². The number of nitrogens with one attached hydrogen (secondary N) is 2. The highest BCUT2D eigenvalue weighted by Gasteiger charge is 2.19. The van der Waals surface area contributed by atoms with Gasteiger partial charge >= 0.3 is 0 Å². The molecule has 0 spiro atoms. The van der Waals surface area contributed by atoms with E-state index in [1.54, 1.807) is 25.3 Å². The summed E-state index contributed by atoms with van der Waals surface area (Å²) in [5.41, 5.74) is 1.00. The maximum atomic E-state index is 12.3. The Hall–Kier alpha value is -1.74. The van der Waals surface area contributed by atoms with Crippen LogP contribution in [-0.4, -0.2) is 22.8 Å². The van der Waals surface area contributed by atoms with Gasteiger partial charge in [-0.3, -0.25) is 9.59 Å². The van der Waals surface area contributed by atoms with Crippen molar-refractivity contribution in [3.63, 3.8) is 0 Å². The number of nitrogens with zero attached hydrogens (tertiary/aromatic N) is 1. The summed E-state index contributed by atoms with van der Waals surface area (Å²) in [5.74, 6) is -0.607. The Morgan fingerprint density at radius 2 is 2.00 bits per heavy atom. The van der Waals surface area contributed by atoms with E-state index >= 15 is 0 Å². The fourth-order valence-electron chi connectivity index (χ4n) is 2.26. The van der Waals surface area contributed by atoms with Gasteiger partial charge in [0.1, 0.15) is 6.04 Å². The van der Waals surface area contributed by atoms with Crippen molar-refractivity contribution in [1.82, 2.24) is 10.3 Å². The van der Waals surface area contributed by atoms with Crippen LogP contribution >= 0.6 is 50.2 Å². The number of carbonyl (C=O) groups is 2. The quantitative estimate of drug-likeness (QED) is 0.519. The second-order valence-electron chi connectivity index (χ2n) is 5.69. The Morgan fingerprint density at radius 3 is 2.70 bits per heavy atom. The number of amides is 2. The zero-order chi connectivity index (χ0) is 19.4. The van der Waals surface area contributed by atoms with Crippen LogP contribution in [-0.2, 0) is 11.2 Å². The Morgan fingerprint density at radius 1 is 1.22 bits per heavy atom. The first-order valence-corrected chi connectivity index (χ1v) is 10.8. The number of rotatable bonds is 6. The summed E-state index contributed by atoms with van der Waals surface area (Å²) < 4.78 is 0.860. The van der Waals surface area contributed by atoms with Gasteiger partial charge in [-0.1, -0.05) is 29.8 Å². The van der Waals surface area contributed by atoms with Gasteiger partial charge in [0, 0.05) is 22.5 Å². The predicted octanol–water partition coefficient (Wildman–Crippen LogP) is 4.97. The first-order valence-electron chi connectivity index (χ1n) is 7.97. The van der Waals surface area contributed by atoms with Crippen LogP contribution in [0.5, 0.6) is 0 Å². The van der Waals surface area contributed by atoms with Crippen LogP contribution in [0, 0.1) is 0 Å². The van der Waals surface area contributed by atoms with Gasteiger partial charge in [0.15, 0.2) is 5.13 Å². The van der Waals surface area contributed by atoms with Gasteiger partial charge in [-0.05, 0) is 46.6 Å². The largest absolute Gasteiger partial charge is 0.340 e. The van der Waals surface area contributed by atoms with E-state index in [4.69, 9.17) is 11.6 Å². The van der Waals surface area contributed by atoms with Crippen molar-refractivity contribution in [2.45, 2.75) is 19.4 Å². The molecule has 3 aromatic rings. The fraction of sp³-hybridized carbons (Fsp3) is 0.167. The Labute approximate surface area is 177 Å². The van der Waals surface area contributed by atoms with E-state index in [0.717, 1.165) is 14.2 Å². The molecular formula is C18H15BrClN3O2S2. The number of thiophene rings is 1. The molecule has 9 heteroatoms. The molecule has 5 nitrogen and oxygen atoms in total. The molecule has 0 aliphatic heterocycles. The highest BCUT2D eigenvalue weighted by Crippen LogP contribution is 2.25. The number of halogens is 2. The Bertz CT molecular complexity index is 973. The van der Waals surface area contributed by atoms with Crippen LogP contribution in [0.1, 0.15) is 27.0 Å². The zero-order valence-corrected chi connectivity index (χ0v) is 18.1. The second kappa shape index (κ2) is 8.97. The molecule has 0 aliphatic rings. The van der Waals surface area contributed by atoms with Gasteiger partial charge in [0.25, 0.3) is 5.91 Å². The molecular weight excluding hydrogens is 470 g/mol. The summed E-state index contributed by atoms with van der Waals surface area (Å²) in [6.45, 7) is 1.63. The van der Waals surface area contributed by atoms with Gasteiger partial charge in [-0.15, -0.1) is 22.7 Å². The first-order chi connectivity index (χ1) is 12.9. The lowest BCUT2D eigenvalue weighted by Gasteiger charge is -2.12. The lowest BCUT2D eigenvalue weighted by molar-refractivity contribution is -0.117. The van der Waals surface area contributed by atoms with Crippen LogP contribution in [0.4, 0.5) is 5.13 Å². The minimum absolute atomic E-state index is 0.285. The SMILES string of the molecule is CC(NC(=O)c1ccc(Br)s1)C(=O)Nc1ncc(Cc2ccccc2Cl)s1. The minimum Gasteiger partial charge on any atom is -0.340 e. The number of anilines is 1. The monoisotopic (exact) mass is 483 g/mol. The number of carbonyl (C=O) groups excluding carboxylic acids is 2. The van der Waals surface area contributed by atoms with Crippen molar-refractivity contribution < 1.29 is 9.59 Å². The third-order valence-electron chi connectivity index (χ3n) is 3.64. The van der Waals surface area contributed by atoms with E-state index in [0.29, 0.717) is 21.5 Å². The standard InChI is InChI=1S/C18H15BrClN3O2S2/c1-10(22-17(25)14-6-7-15(19)27-14)16(24)23-18-21-9-12(26-18)8-11-4-2-3-5-13(11)20/h2-7,9-10H,8H2,1H3,(H,22,25)(H,21,23,24). The summed E-state index contributed by atoms with van der Waals surface area (Å²) >= 11 is 12.2. The predicted molar refractivity (Wildman–Crippen MR) is 114 cm³/mol. The van der Waals surface area contributed by atoms with Gasteiger partial charge in [0.05, 0.1) is 8.66 Å². The molecule has 0 saturated heterocycles. The van der Waals surface area contributed by atoms with Crippen LogP contribution in [0.25, 0.3) is 0 Å². The van der Waals surface area contributed by atoms with Crippen LogP contribution in [0.3, 0.4) is 0 Å². The fourth-order valence-corrected chi connectivity index (χ4v) is 4.59. The smallest absolute Gasteiger partial charge is 0.262 e. The van der Waals surface area contributed by atoms with E-state index in [2.05, 4.69) is 31.5 Å². The molecule has 0 radical (unpaired) electrons. The summed E-state index contributed by atoms with van der Waals surface area (Å²) in [6.07, 6.45) is 2.36. The van der Waals surface area contributed by atoms with E-state index in [1.165, 1.54) is 22.7 Å². The molecule has 1 unspecified atom stereocenters. The Kier molecular flexibility index (Phi) is 6.64. The summed E-state index contributed by atoms with van der Waals surface area (Å²) in [5, 5.41) is 6.61. The third-order valence-corrected chi connectivity index (χ3v) is 6.55. The Balaban J connectivity index is 1.57. The number of aromatic nitrogens is 1. The summed E-state index contributed by atoms with van der Waals surface area (Å²) in [4.78, 5) is 30.2. The van der Waals surface area contributed by atoms with Crippen molar-refractivity contribution >= 4 is 67.2 Å². The summed E-state index contributed by atoms with van der Waals surface area (Å²) in [6, 6.07) is 10.4. The van der Waals surface area contributed by atoms with Gasteiger partial charge in [-0.25, -0.2) is 4.98 Å². The van der Waals surface area contributed by atoms with Crippen molar-refractivity contribution in [1.29, 1.82) is 0 Å². The first kappa shape index (κ1) is 20.0. The summed E-state index contributed by atoms with van der Waals surface area (Å²) in [7, 11) is 0. The van der Waals surface area contributed by atoms with Gasteiger partial charge in [0.2, 0.25) is 5.91 Å². The molecule has 0 bridgehead atoms. The van der Waals surface area contributed by atoms with Crippen molar-refractivity contribution in [3.05, 3.63) is 66.7 Å². The normalized spacial score (nSPS) is 11.8. The molecule has 2 heterocycles.